The van der Waals surface area contributed by atoms with Crippen molar-refractivity contribution >= 4 is 17.3 Å². The third kappa shape index (κ3) is 7.62. The van der Waals surface area contributed by atoms with Crippen LogP contribution in [-0.4, -0.2) is 19.6 Å². The minimum absolute atomic E-state index is 0.0552. The number of carbonyl (C=O) groups excluding carboxylic acids is 1. The number of rotatable bonds is 12. The quantitative estimate of drug-likeness (QED) is 0.237. The smallest absolute Gasteiger partial charge is 0.337 e. The number of methoxy groups -OCH3 is 1. The van der Waals surface area contributed by atoms with Crippen molar-refractivity contribution in [3.8, 4) is 0 Å². The van der Waals surface area contributed by atoms with Crippen molar-refractivity contribution in [2.45, 2.75) is 32.1 Å². The lowest BCUT2D eigenvalue weighted by Gasteiger charge is -2.19. The Kier molecular flexibility index (Phi) is 9.24. The molecule has 35 heavy (non-hydrogen) atoms. The molecule has 0 aliphatic rings. The lowest BCUT2D eigenvalue weighted by Crippen LogP contribution is -2.23. The maximum atomic E-state index is 11.6. The Labute approximate surface area is 211 Å². The topological polar surface area (TPSA) is 47.6 Å². The third-order valence-corrected chi connectivity index (χ3v) is 6.97. The molecule has 0 spiro atoms. The molecule has 0 aliphatic carbocycles. The van der Waals surface area contributed by atoms with E-state index in [0.29, 0.717) is 25.3 Å². The first kappa shape index (κ1) is 24.9. The van der Waals surface area contributed by atoms with E-state index in [-0.39, 0.29) is 12.1 Å². The normalized spacial score (nSPS) is 11.8. The second-order valence-corrected chi connectivity index (χ2v) is 9.64. The molecule has 5 heteroatoms. The van der Waals surface area contributed by atoms with Gasteiger partial charge in [-0.15, -0.1) is 11.3 Å². The van der Waals surface area contributed by atoms with Crippen molar-refractivity contribution in [1.29, 1.82) is 0 Å². The monoisotopic (exact) mass is 485 g/mol. The van der Waals surface area contributed by atoms with Crippen LogP contribution in [0.1, 0.15) is 42.9 Å². The minimum Gasteiger partial charge on any atom is -0.465 e. The molecule has 4 nitrogen and oxygen atoms in total. The SMILES string of the molecule is COC(=O)c1ccc(CNC[C@H](OCc2ccc(CCc3ccccc3)s2)c2ccccc2)cc1. The first-order chi connectivity index (χ1) is 17.2. The van der Waals surface area contributed by atoms with Crippen LogP contribution in [0.15, 0.2) is 97.1 Å². The van der Waals surface area contributed by atoms with E-state index in [2.05, 4.69) is 59.9 Å². The Morgan fingerprint density at radius 1 is 0.800 bits per heavy atom. The molecule has 0 radical (unpaired) electrons. The molecule has 0 unspecified atom stereocenters. The predicted octanol–water partition coefficient (Wildman–Crippen LogP) is 6.37. The van der Waals surface area contributed by atoms with Crippen LogP contribution < -0.4 is 5.32 Å². The van der Waals surface area contributed by atoms with E-state index in [9.17, 15) is 4.79 Å². The van der Waals surface area contributed by atoms with Crippen LogP contribution in [0.4, 0.5) is 0 Å². The van der Waals surface area contributed by atoms with Crippen LogP contribution in [-0.2, 0) is 35.5 Å². The number of nitrogens with one attached hydrogen (secondary N) is 1. The predicted molar refractivity (Wildman–Crippen MR) is 142 cm³/mol. The highest BCUT2D eigenvalue weighted by molar-refractivity contribution is 7.11. The fraction of sp³-hybridized carbons (Fsp3) is 0.233. The Morgan fingerprint density at radius 3 is 2.20 bits per heavy atom. The number of hydrogen-bond acceptors (Lipinski definition) is 5. The fourth-order valence-electron chi connectivity index (χ4n) is 3.89. The van der Waals surface area contributed by atoms with E-state index in [1.807, 2.05) is 41.7 Å². The molecule has 1 N–H and O–H groups in total. The van der Waals surface area contributed by atoms with Gasteiger partial charge in [-0.25, -0.2) is 4.79 Å². The van der Waals surface area contributed by atoms with Crippen molar-refractivity contribution in [3.05, 3.63) is 129 Å². The first-order valence-corrected chi connectivity index (χ1v) is 12.7. The van der Waals surface area contributed by atoms with E-state index in [1.165, 1.54) is 22.4 Å². The number of aryl methyl sites for hydroxylation is 2. The average molecular weight is 486 g/mol. The molecular formula is C30H31NO3S. The van der Waals surface area contributed by atoms with E-state index in [0.717, 1.165) is 24.0 Å². The van der Waals surface area contributed by atoms with Gasteiger partial charge in [0, 0.05) is 22.8 Å². The lowest BCUT2D eigenvalue weighted by molar-refractivity contribution is 0.0411. The molecule has 1 aromatic heterocycles. The second-order valence-electron chi connectivity index (χ2n) is 8.38. The number of carbonyl (C=O) groups is 1. The highest BCUT2D eigenvalue weighted by Gasteiger charge is 2.13. The van der Waals surface area contributed by atoms with Gasteiger partial charge >= 0.3 is 5.97 Å². The molecule has 1 atom stereocenters. The molecule has 0 bridgehead atoms. The summed E-state index contributed by atoms with van der Waals surface area (Å²) in [6.07, 6.45) is 2.05. The van der Waals surface area contributed by atoms with Gasteiger partial charge in [-0.1, -0.05) is 72.8 Å². The van der Waals surface area contributed by atoms with Crippen molar-refractivity contribution in [1.82, 2.24) is 5.32 Å². The molecule has 4 aromatic rings. The second kappa shape index (κ2) is 13.0. The number of hydrogen-bond donors (Lipinski definition) is 1. The minimum atomic E-state index is -0.321. The summed E-state index contributed by atoms with van der Waals surface area (Å²) >= 11 is 1.83. The summed E-state index contributed by atoms with van der Waals surface area (Å²) in [5.74, 6) is -0.321. The summed E-state index contributed by atoms with van der Waals surface area (Å²) in [7, 11) is 1.39. The average Bonchev–Trinajstić information content (AvgIpc) is 3.38. The van der Waals surface area contributed by atoms with Crippen LogP contribution in [0.2, 0.25) is 0 Å². The van der Waals surface area contributed by atoms with Gasteiger partial charge in [0.1, 0.15) is 0 Å². The first-order valence-electron chi connectivity index (χ1n) is 11.9. The summed E-state index contributed by atoms with van der Waals surface area (Å²) in [6, 6.07) is 32.8. The van der Waals surface area contributed by atoms with E-state index >= 15 is 0 Å². The largest absolute Gasteiger partial charge is 0.465 e. The van der Waals surface area contributed by atoms with Gasteiger partial charge in [0.2, 0.25) is 0 Å². The van der Waals surface area contributed by atoms with Gasteiger partial charge in [-0.3, -0.25) is 0 Å². The Morgan fingerprint density at radius 2 is 1.49 bits per heavy atom. The molecule has 0 saturated heterocycles. The maximum absolute atomic E-state index is 11.6. The van der Waals surface area contributed by atoms with Crippen molar-refractivity contribution in [2.75, 3.05) is 13.7 Å². The van der Waals surface area contributed by atoms with Gasteiger partial charge in [-0.2, -0.15) is 0 Å². The molecule has 4 rings (SSSR count). The summed E-state index contributed by atoms with van der Waals surface area (Å²) in [6.45, 7) is 1.97. The summed E-state index contributed by atoms with van der Waals surface area (Å²) in [5.41, 5.74) is 4.18. The Hall–Kier alpha value is -3.25. The van der Waals surface area contributed by atoms with Crippen molar-refractivity contribution in [2.24, 2.45) is 0 Å². The molecule has 1 heterocycles. The Bertz CT molecular complexity index is 1170. The number of thiophene rings is 1. The zero-order valence-electron chi connectivity index (χ0n) is 20.0. The van der Waals surface area contributed by atoms with E-state index in [4.69, 9.17) is 9.47 Å². The van der Waals surface area contributed by atoms with Crippen LogP contribution in [0.25, 0.3) is 0 Å². The van der Waals surface area contributed by atoms with Gasteiger partial charge in [0.25, 0.3) is 0 Å². The zero-order valence-corrected chi connectivity index (χ0v) is 20.8. The molecule has 0 fully saturated rings. The molecule has 0 amide bonds. The van der Waals surface area contributed by atoms with Crippen molar-refractivity contribution in [3.63, 3.8) is 0 Å². The van der Waals surface area contributed by atoms with Crippen molar-refractivity contribution < 1.29 is 14.3 Å². The van der Waals surface area contributed by atoms with Crippen LogP contribution >= 0.6 is 11.3 Å². The zero-order chi connectivity index (χ0) is 24.3. The highest BCUT2D eigenvalue weighted by atomic mass is 32.1. The summed E-state index contributed by atoms with van der Waals surface area (Å²) in [4.78, 5) is 14.3. The molecule has 0 aliphatic heterocycles. The van der Waals surface area contributed by atoms with Gasteiger partial charge in [0.05, 0.1) is 25.4 Å². The lowest BCUT2D eigenvalue weighted by atomic mass is 10.1. The van der Waals surface area contributed by atoms with Gasteiger partial charge in [0.15, 0.2) is 0 Å². The number of benzene rings is 3. The van der Waals surface area contributed by atoms with Crippen LogP contribution in [0.5, 0.6) is 0 Å². The molecular weight excluding hydrogens is 454 g/mol. The Balaban J connectivity index is 1.30. The van der Waals surface area contributed by atoms with Gasteiger partial charge < -0.3 is 14.8 Å². The number of esters is 1. The fourth-order valence-corrected chi connectivity index (χ4v) is 4.83. The molecule has 180 valence electrons. The number of ether oxygens (including phenoxy) is 2. The maximum Gasteiger partial charge on any atom is 0.337 e. The third-order valence-electron chi connectivity index (χ3n) is 5.85. The highest BCUT2D eigenvalue weighted by Crippen LogP contribution is 2.23. The summed E-state index contributed by atoms with van der Waals surface area (Å²) < 4.78 is 11.1. The molecule has 0 saturated carbocycles. The van der Waals surface area contributed by atoms with Crippen LogP contribution in [0, 0.1) is 0 Å². The van der Waals surface area contributed by atoms with Crippen LogP contribution in [0.3, 0.4) is 0 Å². The van der Waals surface area contributed by atoms with E-state index in [1.54, 1.807) is 12.1 Å². The van der Waals surface area contributed by atoms with Gasteiger partial charge in [-0.05, 0) is 53.8 Å². The summed E-state index contributed by atoms with van der Waals surface area (Å²) in [5, 5.41) is 3.51. The standard InChI is InChI=1S/C30H31NO3S/c1-33-30(32)26-15-12-24(13-16-26)20-31-21-29(25-10-6-3-7-11-25)34-22-28-19-18-27(35-28)17-14-23-8-4-2-5-9-23/h2-13,15-16,18-19,29,31H,14,17,20-22H2,1H3/t29-/m0/s1. The molecule has 3 aromatic carbocycles. The van der Waals surface area contributed by atoms with E-state index < -0.39 is 0 Å².